The number of nitrogens with zero attached hydrogens (tertiary/aromatic N) is 2. The number of aryl methyl sites for hydroxylation is 1. The van der Waals surface area contributed by atoms with Crippen LogP contribution in [0.15, 0.2) is 30.3 Å². The van der Waals surface area contributed by atoms with Gasteiger partial charge in [0, 0.05) is 11.6 Å². The molecule has 1 aromatic heterocycles. The molecule has 1 fully saturated rings. The maximum Gasteiger partial charge on any atom is 0.128 e. The predicted molar refractivity (Wildman–Crippen MR) is 82.4 cm³/mol. The van der Waals surface area contributed by atoms with Crippen molar-refractivity contribution in [2.75, 3.05) is 5.73 Å². The average Bonchev–Trinajstić information content (AvgIpc) is 2.47. The second-order valence-corrected chi connectivity index (χ2v) is 5.68. The van der Waals surface area contributed by atoms with E-state index in [2.05, 4.69) is 34.2 Å². The van der Waals surface area contributed by atoms with Gasteiger partial charge in [-0.25, -0.2) is 9.97 Å². The monoisotopic (exact) mass is 267 g/mol. The van der Waals surface area contributed by atoms with Crippen LogP contribution < -0.4 is 5.73 Å². The summed E-state index contributed by atoms with van der Waals surface area (Å²) in [6, 6.07) is 10.6. The van der Waals surface area contributed by atoms with Gasteiger partial charge in [0.05, 0.1) is 5.69 Å². The number of anilines is 1. The summed E-state index contributed by atoms with van der Waals surface area (Å²) in [5, 5.41) is 0. The largest absolute Gasteiger partial charge is 0.384 e. The molecule has 0 aliphatic heterocycles. The van der Waals surface area contributed by atoms with E-state index in [0.29, 0.717) is 5.82 Å². The van der Waals surface area contributed by atoms with Gasteiger partial charge in [-0.3, -0.25) is 0 Å². The summed E-state index contributed by atoms with van der Waals surface area (Å²) in [6.07, 6.45) is 6.80. The Bertz CT molecular complexity index is 563. The zero-order valence-electron chi connectivity index (χ0n) is 12.0. The minimum atomic E-state index is 0.531. The molecule has 2 aromatic rings. The van der Waals surface area contributed by atoms with Gasteiger partial charge in [-0.15, -0.1) is 0 Å². The second-order valence-electron chi connectivity index (χ2n) is 5.68. The van der Waals surface area contributed by atoms with Crippen molar-refractivity contribution < 1.29 is 0 Å². The Balaban J connectivity index is 1.85. The molecule has 2 N–H and O–H groups in total. The Hall–Kier alpha value is -1.90. The van der Waals surface area contributed by atoms with E-state index in [1.54, 1.807) is 0 Å². The lowest BCUT2D eigenvalue weighted by atomic mass is 9.84. The second kappa shape index (κ2) is 5.61. The number of benzene rings is 1. The molecule has 3 nitrogen and oxygen atoms in total. The third-order valence-corrected chi connectivity index (χ3v) is 4.14. The molecule has 104 valence electrons. The van der Waals surface area contributed by atoms with E-state index < -0.39 is 0 Å². The summed E-state index contributed by atoms with van der Waals surface area (Å²) >= 11 is 0. The van der Waals surface area contributed by atoms with Crippen molar-refractivity contribution in [2.45, 2.75) is 44.9 Å². The third-order valence-electron chi connectivity index (χ3n) is 4.14. The molecule has 3 rings (SSSR count). The van der Waals surface area contributed by atoms with Crippen molar-refractivity contribution in [3.05, 3.63) is 41.7 Å². The summed E-state index contributed by atoms with van der Waals surface area (Å²) in [7, 11) is 0. The number of rotatable bonds is 2. The van der Waals surface area contributed by atoms with E-state index in [4.69, 9.17) is 5.73 Å². The number of nitrogens with two attached hydrogens (primary N) is 1. The molecule has 1 aliphatic carbocycles. The molecule has 1 saturated carbocycles. The van der Waals surface area contributed by atoms with Crippen LogP contribution in [0.25, 0.3) is 11.3 Å². The van der Waals surface area contributed by atoms with Gasteiger partial charge < -0.3 is 5.73 Å². The minimum absolute atomic E-state index is 0.531. The van der Waals surface area contributed by atoms with Crippen LogP contribution in [0.2, 0.25) is 0 Å². The minimum Gasteiger partial charge on any atom is -0.384 e. The topological polar surface area (TPSA) is 51.8 Å². The SMILES string of the molecule is Cc1nc(N)cc(-c2ccc(C3CCCCC3)cc2)n1. The first kappa shape index (κ1) is 13.1. The molecule has 1 heterocycles. The van der Waals surface area contributed by atoms with E-state index in [1.165, 1.54) is 37.7 Å². The van der Waals surface area contributed by atoms with E-state index in [1.807, 2.05) is 13.0 Å². The normalized spacial score (nSPS) is 16.2. The highest BCUT2D eigenvalue weighted by molar-refractivity contribution is 5.62. The molecular weight excluding hydrogens is 246 g/mol. The standard InChI is InChI=1S/C17H21N3/c1-12-19-16(11-17(18)20-12)15-9-7-14(8-10-15)13-5-3-2-4-6-13/h7-11,13H,2-6H2,1H3,(H2,18,19,20). The van der Waals surface area contributed by atoms with Crippen molar-refractivity contribution in [2.24, 2.45) is 0 Å². The highest BCUT2D eigenvalue weighted by Gasteiger charge is 2.15. The molecule has 0 saturated heterocycles. The number of aromatic nitrogens is 2. The molecule has 0 radical (unpaired) electrons. The maximum atomic E-state index is 5.79. The molecule has 1 aromatic carbocycles. The van der Waals surface area contributed by atoms with E-state index in [-0.39, 0.29) is 0 Å². The predicted octanol–water partition coefficient (Wildman–Crippen LogP) is 4.08. The molecule has 0 bridgehead atoms. The zero-order chi connectivity index (χ0) is 13.9. The molecule has 0 atom stereocenters. The maximum absolute atomic E-state index is 5.79. The van der Waals surface area contributed by atoms with Crippen molar-refractivity contribution in [3.63, 3.8) is 0 Å². The number of nitrogen functional groups attached to an aromatic ring is 1. The van der Waals surface area contributed by atoms with Gasteiger partial charge in [-0.1, -0.05) is 43.5 Å². The molecule has 20 heavy (non-hydrogen) atoms. The highest BCUT2D eigenvalue weighted by atomic mass is 14.9. The van der Waals surface area contributed by atoms with Crippen LogP contribution in [0.5, 0.6) is 0 Å². The smallest absolute Gasteiger partial charge is 0.128 e. The Morgan fingerprint density at radius 1 is 1.00 bits per heavy atom. The quantitative estimate of drug-likeness (QED) is 0.892. The van der Waals surface area contributed by atoms with Crippen molar-refractivity contribution in [1.82, 2.24) is 9.97 Å². The Labute approximate surface area is 120 Å². The molecule has 0 unspecified atom stereocenters. The lowest BCUT2D eigenvalue weighted by Gasteiger charge is -2.22. The summed E-state index contributed by atoms with van der Waals surface area (Å²) in [5.74, 6) is 2.00. The van der Waals surface area contributed by atoms with Gasteiger partial charge in [-0.05, 0) is 31.2 Å². The van der Waals surface area contributed by atoms with Crippen molar-refractivity contribution in [1.29, 1.82) is 0 Å². The van der Waals surface area contributed by atoms with Gasteiger partial charge in [0.1, 0.15) is 11.6 Å². The summed E-state index contributed by atoms with van der Waals surface area (Å²) in [6.45, 7) is 1.87. The van der Waals surface area contributed by atoms with Gasteiger partial charge in [0.2, 0.25) is 0 Å². The first-order chi connectivity index (χ1) is 9.72. The zero-order valence-corrected chi connectivity index (χ0v) is 12.0. The van der Waals surface area contributed by atoms with Crippen LogP contribution in [0.3, 0.4) is 0 Å². The van der Waals surface area contributed by atoms with Crippen LogP contribution in [0.4, 0.5) is 5.82 Å². The van der Waals surface area contributed by atoms with Crippen LogP contribution in [0.1, 0.15) is 49.4 Å². The molecular formula is C17H21N3. The summed E-state index contributed by atoms with van der Waals surface area (Å²) in [5.41, 5.74) is 9.28. The van der Waals surface area contributed by atoms with E-state index in [9.17, 15) is 0 Å². The molecule has 3 heteroatoms. The Kier molecular flexibility index (Phi) is 3.68. The summed E-state index contributed by atoms with van der Waals surface area (Å²) < 4.78 is 0. The van der Waals surface area contributed by atoms with E-state index >= 15 is 0 Å². The average molecular weight is 267 g/mol. The summed E-state index contributed by atoms with van der Waals surface area (Å²) in [4.78, 5) is 8.57. The molecule has 0 amide bonds. The lowest BCUT2D eigenvalue weighted by Crippen LogP contribution is -2.04. The number of hydrogen-bond donors (Lipinski definition) is 1. The molecule has 1 aliphatic rings. The van der Waals surface area contributed by atoms with Crippen LogP contribution >= 0.6 is 0 Å². The van der Waals surface area contributed by atoms with Crippen LogP contribution in [-0.4, -0.2) is 9.97 Å². The van der Waals surface area contributed by atoms with Gasteiger partial charge in [-0.2, -0.15) is 0 Å². The van der Waals surface area contributed by atoms with Gasteiger partial charge in [0.25, 0.3) is 0 Å². The molecule has 0 spiro atoms. The number of hydrogen-bond acceptors (Lipinski definition) is 3. The fourth-order valence-corrected chi connectivity index (χ4v) is 3.10. The first-order valence-corrected chi connectivity index (χ1v) is 7.44. The van der Waals surface area contributed by atoms with Gasteiger partial charge >= 0.3 is 0 Å². The van der Waals surface area contributed by atoms with Crippen molar-refractivity contribution in [3.8, 4) is 11.3 Å². The Morgan fingerprint density at radius 3 is 2.35 bits per heavy atom. The highest BCUT2D eigenvalue weighted by Crippen LogP contribution is 2.33. The van der Waals surface area contributed by atoms with Crippen LogP contribution in [0, 0.1) is 6.92 Å². The third kappa shape index (κ3) is 2.82. The Morgan fingerprint density at radius 2 is 1.70 bits per heavy atom. The first-order valence-electron chi connectivity index (χ1n) is 7.44. The fourth-order valence-electron chi connectivity index (χ4n) is 3.10. The van der Waals surface area contributed by atoms with Crippen LogP contribution in [-0.2, 0) is 0 Å². The fraction of sp³-hybridized carbons (Fsp3) is 0.412. The lowest BCUT2D eigenvalue weighted by molar-refractivity contribution is 0.443. The van der Waals surface area contributed by atoms with Crippen molar-refractivity contribution >= 4 is 5.82 Å². The van der Waals surface area contributed by atoms with E-state index in [0.717, 1.165) is 23.0 Å². The van der Waals surface area contributed by atoms with Gasteiger partial charge in [0.15, 0.2) is 0 Å².